The SMILES string of the molecule is C=CC.CC/C(C)=C(\C)C(N)=O.CCC(C)OC.CCOc1cccc(C(C)(C)C)c1. The second kappa shape index (κ2) is 19.9. The highest BCUT2D eigenvalue weighted by Crippen LogP contribution is 2.25. The molecule has 0 bridgehead atoms. The van der Waals surface area contributed by atoms with E-state index in [0.29, 0.717) is 11.7 Å². The van der Waals surface area contributed by atoms with Gasteiger partial charge in [0.2, 0.25) is 5.91 Å². The van der Waals surface area contributed by atoms with E-state index in [0.717, 1.165) is 30.8 Å². The number of primary amides is 1. The van der Waals surface area contributed by atoms with Crippen molar-refractivity contribution in [3.05, 3.63) is 53.6 Å². The maximum atomic E-state index is 10.5. The molecule has 180 valence electrons. The van der Waals surface area contributed by atoms with Crippen LogP contribution in [0, 0.1) is 0 Å². The molecule has 1 atom stereocenters. The van der Waals surface area contributed by atoms with Crippen LogP contribution in [0.1, 0.15) is 87.6 Å². The molecule has 1 amide bonds. The number of methoxy groups -OCH3 is 1. The average Bonchev–Trinajstić information content (AvgIpc) is 2.73. The fourth-order valence-corrected chi connectivity index (χ4v) is 1.86. The molecule has 2 N–H and O–H groups in total. The molecule has 1 aromatic rings. The van der Waals surface area contributed by atoms with Gasteiger partial charge in [-0.2, -0.15) is 0 Å². The van der Waals surface area contributed by atoms with Crippen molar-refractivity contribution >= 4 is 5.91 Å². The van der Waals surface area contributed by atoms with Crippen LogP contribution in [0.5, 0.6) is 5.75 Å². The number of carbonyl (C=O) groups is 1. The van der Waals surface area contributed by atoms with Crippen molar-refractivity contribution in [3.8, 4) is 5.75 Å². The first-order chi connectivity index (χ1) is 14.4. The zero-order chi connectivity index (χ0) is 25.0. The summed E-state index contributed by atoms with van der Waals surface area (Å²) in [5, 5.41) is 0. The van der Waals surface area contributed by atoms with Crippen LogP contribution in [0.25, 0.3) is 0 Å². The number of ether oxygens (including phenoxy) is 2. The van der Waals surface area contributed by atoms with Crippen LogP contribution in [-0.4, -0.2) is 25.7 Å². The third-order valence-electron chi connectivity index (χ3n) is 4.53. The molecule has 4 nitrogen and oxygen atoms in total. The summed E-state index contributed by atoms with van der Waals surface area (Å²) in [6.07, 6.45) is 4.19. The van der Waals surface area contributed by atoms with Gasteiger partial charge in [0.05, 0.1) is 12.7 Å². The Morgan fingerprint density at radius 3 is 1.97 bits per heavy atom. The van der Waals surface area contributed by atoms with E-state index in [2.05, 4.69) is 53.3 Å². The number of amides is 1. The third kappa shape index (κ3) is 19.6. The molecule has 0 radical (unpaired) electrons. The van der Waals surface area contributed by atoms with Crippen LogP contribution in [0.15, 0.2) is 48.1 Å². The summed E-state index contributed by atoms with van der Waals surface area (Å²) in [6.45, 7) is 24.4. The number of rotatable bonds is 6. The molecule has 0 spiro atoms. The van der Waals surface area contributed by atoms with Crippen molar-refractivity contribution in [2.45, 2.75) is 93.6 Å². The summed E-state index contributed by atoms with van der Waals surface area (Å²) in [5.41, 5.74) is 8.30. The lowest BCUT2D eigenvalue weighted by atomic mass is 9.87. The van der Waals surface area contributed by atoms with E-state index in [9.17, 15) is 4.79 Å². The third-order valence-corrected chi connectivity index (χ3v) is 4.53. The Kier molecular flexibility index (Phi) is 21.5. The Bertz CT molecular complexity index is 624. The lowest BCUT2D eigenvalue weighted by Gasteiger charge is -2.19. The molecule has 0 aromatic heterocycles. The maximum absolute atomic E-state index is 10.5. The van der Waals surface area contributed by atoms with Crippen LogP contribution >= 0.6 is 0 Å². The molecule has 4 heteroatoms. The van der Waals surface area contributed by atoms with Crippen LogP contribution in [0.3, 0.4) is 0 Å². The summed E-state index contributed by atoms with van der Waals surface area (Å²) in [5.74, 6) is 0.657. The summed E-state index contributed by atoms with van der Waals surface area (Å²) >= 11 is 0. The Morgan fingerprint density at radius 2 is 1.71 bits per heavy atom. The first-order valence-corrected chi connectivity index (χ1v) is 11.1. The predicted molar refractivity (Wildman–Crippen MR) is 137 cm³/mol. The van der Waals surface area contributed by atoms with Gasteiger partial charge in [0, 0.05) is 12.7 Å². The molecule has 0 saturated carbocycles. The Balaban J connectivity index is -0.000000380. The largest absolute Gasteiger partial charge is 0.494 e. The zero-order valence-electron chi connectivity index (χ0n) is 22.1. The number of hydrogen-bond acceptors (Lipinski definition) is 3. The normalized spacial score (nSPS) is 11.7. The van der Waals surface area contributed by atoms with E-state index in [1.165, 1.54) is 5.56 Å². The van der Waals surface area contributed by atoms with Gasteiger partial charge in [-0.25, -0.2) is 0 Å². The molecule has 31 heavy (non-hydrogen) atoms. The molecule has 0 aliphatic carbocycles. The Hall–Kier alpha value is -2.07. The van der Waals surface area contributed by atoms with Crippen molar-refractivity contribution in [2.75, 3.05) is 13.7 Å². The van der Waals surface area contributed by atoms with Gasteiger partial charge in [-0.1, -0.05) is 58.4 Å². The number of allylic oxidation sites excluding steroid dienone is 2. The number of benzene rings is 1. The molecule has 1 unspecified atom stereocenters. The number of hydrogen-bond donors (Lipinski definition) is 1. The lowest BCUT2D eigenvalue weighted by Crippen LogP contribution is -2.12. The summed E-state index contributed by atoms with van der Waals surface area (Å²) in [6, 6.07) is 8.30. The van der Waals surface area contributed by atoms with Gasteiger partial charge in [0.25, 0.3) is 0 Å². The van der Waals surface area contributed by atoms with Gasteiger partial charge in [0.15, 0.2) is 0 Å². The topological polar surface area (TPSA) is 61.6 Å². The van der Waals surface area contributed by atoms with Gasteiger partial charge < -0.3 is 15.2 Å². The van der Waals surface area contributed by atoms with Crippen molar-refractivity contribution in [1.82, 2.24) is 0 Å². The maximum Gasteiger partial charge on any atom is 0.244 e. The van der Waals surface area contributed by atoms with Crippen LogP contribution in [0.2, 0.25) is 0 Å². The fraction of sp³-hybridized carbons (Fsp3) is 0.593. The molecule has 0 aliphatic rings. The van der Waals surface area contributed by atoms with Crippen LogP contribution < -0.4 is 10.5 Å². The molecule has 0 saturated heterocycles. The Labute approximate surface area is 192 Å². The van der Waals surface area contributed by atoms with Gasteiger partial charge in [-0.15, -0.1) is 6.58 Å². The van der Waals surface area contributed by atoms with E-state index in [1.807, 2.05) is 39.8 Å². The first-order valence-electron chi connectivity index (χ1n) is 11.1. The average molecular weight is 436 g/mol. The number of nitrogens with two attached hydrogens (primary N) is 1. The lowest BCUT2D eigenvalue weighted by molar-refractivity contribution is -0.114. The van der Waals surface area contributed by atoms with E-state index in [-0.39, 0.29) is 11.3 Å². The van der Waals surface area contributed by atoms with Crippen LogP contribution in [-0.2, 0) is 14.9 Å². The van der Waals surface area contributed by atoms with Crippen LogP contribution in [0.4, 0.5) is 0 Å². The van der Waals surface area contributed by atoms with Crippen molar-refractivity contribution in [2.24, 2.45) is 5.73 Å². The predicted octanol–water partition coefficient (Wildman–Crippen LogP) is 7.22. The van der Waals surface area contributed by atoms with Gasteiger partial charge in [-0.05, 0) is 70.6 Å². The van der Waals surface area contributed by atoms with Crippen molar-refractivity contribution in [1.29, 1.82) is 0 Å². The highest BCUT2D eigenvalue weighted by Gasteiger charge is 2.13. The number of carbonyl (C=O) groups excluding carboxylic acids is 1. The van der Waals surface area contributed by atoms with Gasteiger partial charge in [0.1, 0.15) is 5.75 Å². The second-order valence-electron chi connectivity index (χ2n) is 8.20. The quantitative estimate of drug-likeness (QED) is 0.379. The van der Waals surface area contributed by atoms with Crippen molar-refractivity contribution < 1.29 is 14.3 Å². The van der Waals surface area contributed by atoms with E-state index in [4.69, 9.17) is 15.2 Å². The van der Waals surface area contributed by atoms with E-state index < -0.39 is 0 Å². The second-order valence-corrected chi connectivity index (χ2v) is 8.20. The molecule has 0 aliphatic heterocycles. The molecule has 1 aromatic carbocycles. The molecular weight excluding hydrogens is 386 g/mol. The van der Waals surface area contributed by atoms with Gasteiger partial charge in [-0.3, -0.25) is 4.79 Å². The minimum atomic E-state index is -0.311. The summed E-state index contributed by atoms with van der Waals surface area (Å²) < 4.78 is 10.3. The molecule has 1 rings (SSSR count). The monoisotopic (exact) mass is 435 g/mol. The summed E-state index contributed by atoms with van der Waals surface area (Å²) in [7, 11) is 1.73. The minimum Gasteiger partial charge on any atom is -0.494 e. The standard InChI is InChI=1S/C12H18O.C7H13NO.C5H12O.C3H6/c1-5-13-11-8-6-7-10(9-11)12(2,3)4;1-4-5(2)6(3)7(8)9;1-4-5(2)6-3;1-3-2/h6-9H,5H2,1-4H3;4H2,1-3H3,(H2,8,9);5H,4H2,1-3H3;3H,1H2,2H3/b;6-5+;;. The van der Waals surface area contributed by atoms with E-state index in [1.54, 1.807) is 20.1 Å². The minimum absolute atomic E-state index is 0.201. The highest BCUT2D eigenvalue weighted by molar-refractivity contribution is 5.91. The van der Waals surface area contributed by atoms with Gasteiger partial charge >= 0.3 is 0 Å². The fourth-order valence-electron chi connectivity index (χ4n) is 1.86. The Morgan fingerprint density at radius 1 is 1.19 bits per heavy atom. The van der Waals surface area contributed by atoms with Crippen molar-refractivity contribution in [3.63, 3.8) is 0 Å². The molecule has 0 heterocycles. The molecular formula is C27H49NO3. The highest BCUT2D eigenvalue weighted by atomic mass is 16.5. The smallest absolute Gasteiger partial charge is 0.244 e. The first kappa shape index (κ1) is 33.6. The van der Waals surface area contributed by atoms with E-state index >= 15 is 0 Å². The summed E-state index contributed by atoms with van der Waals surface area (Å²) in [4.78, 5) is 10.5. The zero-order valence-corrected chi connectivity index (χ0v) is 22.1. The molecule has 0 fully saturated rings.